The summed E-state index contributed by atoms with van der Waals surface area (Å²) in [5.41, 5.74) is -2.20. The van der Waals surface area contributed by atoms with Crippen molar-refractivity contribution in [2.24, 2.45) is 50.2 Å². The van der Waals surface area contributed by atoms with Gasteiger partial charge < -0.3 is 9.53 Å². The molecule has 0 bridgehead atoms. The fourth-order valence-corrected chi connectivity index (χ4v) is 9.88. The highest BCUT2D eigenvalue weighted by atomic mass is 16.5. The van der Waals surface area contributed by atoms with Gasteiger partial charge in [-0.15, -0.1) is 6.42 Å². The van der Waals surface area contributed by atoms with Gasteiger partial charge in [0.15, 0.2) is 11.6 Å². The zero-order chi connectivity index (χ0) is 28.1. The lowest BCUT2D eigenvalue weighted by Gasteiger charge is -2.68. The minimum atomic E-state index is -0.962. The van der Waals surface area contributed by atoms with Crippen LogP contribution in [0.1, 0.15) is 86.5 Å². The normalized spacial score (nSPS) is 44.5. The highest BCUT2D eigenvalue weighted by Crippen LogP contribution is 2.74. The van der Waals surface area contributed by atoms with Gasteiger partial charge in [0.25, 0.3) is 0 Å². The molecule has 3 saturated carbocycles. The van der Waals surface area contributed by atoms with Crippen LogP contribution < -0.4 is 0 Å². The van der Waals surface area contributed by atoms with E-state index in [1.54, 1.807) is 12.2 Å². The molecule has 0 heterocycles. The van der Waals surface area contributed by atoms with Crippen molar-refractivity contribution in [2.45, 2.75) is 86.5 Å². The molecule has 3 fully saturated rings. The van der Waals surface area contributed by atoms with Crippen molar-refractivity contribution in [2.75, 3.05) is 7.11 Å². The molecule has 5 nitrogen and oxygen atoms in total. The Kier molecular flexibility index (Phi) is 5.63. The van der Waals surface area contributed by atoms with Crippen LogP contribution >= 0.6 is 0 Å². The predicted octanol–water partition coefficient (Wildman–Crippen LogP) is 6.35. The van der Waals surface area contributed by atoms with Crippen LogP contribution in [-0.4, -0.2) is 24.6 Å². The van der Waals surface area contributed by atoms with Crippen molar-refractivity contribution in [3.63, 3.8) is 0 Å². The highest BCUT2D eigenvalue weighted by molar-refractivity contribution is 6.03. The van der Waals surface area contributed by atoms with Crippen LogP contribution in [0.5, 0.6) is 0 Å². The number of nitrogens with zero attached hydrogens (tertiary/aromatic N) is 1. The van der Waals surface area contributed by atoms with Crippen LogP contribution in [0.3, 0.4) is 0 Å². The number of fused-ring (bicyclic) bond motifs is 7. The second-order valence-corrected chi connectivity index (χ2v) is 14.6. The summed E-state index contributed by atoms with van der Waals surface area (Å²) in [5, 5.41) is 0. The van der Waals surface area contributed by atoms with Crippen LogP contribution in [0.2, 0.25) is 0 Å². The van der Waals surface area contributed by atoms with Crippen molar-refractivity contribution < 1.29 is 19.1 Å². The topological polar surface area (TPSA) is 64.8 Å². The molecular weight excluding hydrogens is 474 g/mol. The van der Waals surface area contributed by atoms with Crippen LogP contribution in [0.15, 0.2) is 23.4 Å². The quantitative estimate of drug-likeness (QED) is 0.232. The van der Waals surface area contributed by atoms with Crippen LogP contribution in [-0.2, 0) is 19.1 Å². The molecule has 0 N–H and O–H groups in total. The number of allylic oxidation sites excluding steroid dienone is 4. The standard InChI is InChI=1S/C33H41NO4/c1-10-32-19-21(34-8)26(36)29(4,5)23(32)11-12-30(6)24(32)17-22(35)25-20-18-28(2,3)13-15-33(20,27(37)38-9)16-14-31(25,30)7/h1,17,19-20,23,25H,11-16,18H2,2-7,9H3/t20-,23-,25-,30+,31+,32-,33-/m0/s1. The van der Waals surface area contributed by atoms with Crippen molar-refractivity contribution in [3.05, 3.63) is 34.8 Å². The van der Waals surface area contributed by atoms with Crippen molar-refractivity contribution in [1.29, 1.82) is 0 Å². The average Bonchev–Trinajstić information content (AvgIpc) is 2.86. The number of carbonyl (C=O) groups is 3. The van der Waals surface area contributed by atoms with Crippen molar-refractivity contribution >= 4 is 17.5 Å². The van der Waals surface area contributed by atoms with E-state index in [0.717, 1.165) is 44.1 Å². The maximum atomic E-state index is 14.4. The molecule has 0 spiro atoms. The predicted molar refractivity (Wildman–Crippen MR) is 145 cm³/mol. The van der Waals surface area contributed by atoms with Crippen molar-refractivity contribution in [3.8, 4) is 12.3 Å². The van der Waals surface area contributed by atoms with E-state index in [1.807, 2.05) is 13.8 Å². The summed E-state index contributed by atoms with van der Waals surface area (Å²) in [6.45, 7) is 20.5. The Hall–Kier alpha value is -2.66. The van der Waals surface area contributed by atoms with Gasteiger partial charge in [-0.1, -0.05) is 53.5 Å². The molecule has 0 aliphatic heterocycles. The summed E-state index contributed by atoms with van der Waals surface area (Å²) in [6, 6.07) is 0. The molecule has 0 saturated heterocycles. The second-order valence-electron chi connectivity index (χ2n) is 14.6. The molecule has 5 heteroatoms. The van der Waals surface area contributed by atoms with Gasteiger partial charge in [0, 0.05) is 11.3 Å². The first kappa shape index (κ1) is 26.9. The maximum absolute atomic E-state index is 14.4. The van der Waals surface area contributed by atoms with Gasteiger partial charge >= 0.3 is 5.97 Å². The first-order valence-electron chi connectivity index (χ1n) is 14.1. The van der Waals surface area contributed by atoms with Crippen LogP contribution in [0.25, 0.3) is 4.85 Å². The number of ketones is 2. The Labute approximate surface area is 227 Å². The molecule has 5 aliphatic rings. The van der Waals surface area contributed by atoms with Crippen LogP contribution in [0, 0.1) is 69.2 Å². The van der Waals surface area contributed by atoms with Gasteiger partial charge in [-0.3, -0.25) is 9.59 Å². The summed E-state index contributed by atoms with van der Waals surface area (Å²) in [7, 11) is 1.47. The molecule has 0 aromatic heterocycles. The number of rotatable bonds is 1. The largest absolute Gasteiger partial charge is 0.469 e. The van der Waals surface area contributed by atoms with E-state index in [-0.39, 0.29) is 46.4 Å². The molecule has 5 aliphatic carbocycles. The first-order valence-corrected chi connectivity index (χ1v) is 14.1. The van der Waals surface area contributed by atoms with Crippen molar-refractivity contribution in [1.82, 2.24) is 0 Å². The lowest BCUT2D eigenvalue weighted by Crippen LogP contribution is -2.66. The summed E-state index contributed by atoms with van der Waals surface area (Å²) in [6.07, 6.45) is 15.3. The highest BCUT2D eigenvalue weighted by Gasteiger charge is 2.71. The molecule has 0 amide bonds. The zero-order valence-electron chi connectivity index (χ0n) is 24.0. The summed E-state index contributed by atoms with van der Waals surface area (Å²) >= 11 is 0. The van der Waals surface area contributed by atoms with E-state index >= 15 is 0 Å². The number of hydrogen-bond acceptors (Lipinski definition) is 4. The van der Waals surface area contributed by atoms with Crippen LogP contribution in [0.4, 0.5) is 0 Å². The third kappa shape index (κ3) is 3.03. The molecule has 0 unspecified atom stereocenters. The van der Waals surface area contributed by atoms with Gasteiger partial charge in [0.05, 0.1) is 24.5 Å². The van der Waals surface area contributed by atoms with E-state index in [1.165, 1.54) is 7.11 Å². The molecule has 0 aromatic carbocycles. The first-order chi connectivity index (χ1) is 17.6. The number of terminal acetylenes is 1. The third-order valence-corrected chi connectivity index (χ3v) is 12.3. The third-order valence-electron chi connectivity index (χ3n) is 12.3. The molecular formula is C33H41NO4. The minimum Gasteiger partial charge on any atom is -0.469 e. The molecule has 0 radical (unpaired) electrons. The van der Waals surface area contributed by atoms with Gasteiger partial charge in [-0.2, -0.15) is 0 Å². The Morgan fingerprint density at radius 3 is 2.34 bits per heavy atom. The Bertz CT molecular complexity index is 1290. The molecule has 7 atom stereocenters. The van der Waals surface area contributed by atoms with E-state index in [4.69, 9.17) is 17.7 Å². The van der Waals surface area contributed by atoms with Gasteiger partial charge in [-0.05, 0) is 84.7 Å². The zero-order valence-corrected chi connectivity index (χ0v) is 24.0. The van der Waals surface area contributed by atoms with E-state index in [9.17, 15) is 14.4 Å². The summed E-state index contributed by atoms with van der Waals surface area (Å²) in [5.74, 6) is 2.17. The second kappa shape index (κ2) is 7.94. The number of hydrogen-bond donors (Lipinski definition) is 0. The number of ether oxygens (including phenoxy) is 1. The summed E-state index contributed by atoms with van der Waals surface area (Å²) in [4.78, 5) is 44.7. The van der Waals surface area contributed by atoms with Gasteiger partial charge in [0.2, 0.25) is 5.70 Å². The van der Waals surface area contributed by atoms with E-state index in [2.05, 4.69) is 38.5 Å². The number of methoxy groups -OCH3 is 1. The Morgan fingerprint density at radius 1 is 1.08 bits per heavy atom. The Morgan fingerprint density at radius 2 is 1.74 bits per heavy atom. The maximum Gasteiger partial charge on any atom is 0.312 e. The number of esters is 1. The monoisotopic (exact) mass is 515 g/mol. The fourth-order valence-electron chi connectivity index (χ4n) is 9.88. The lowest BCUT2D eigenvalue weighted by molar-refractivity contribution is -0.190. The average molecular weight is 516 g/mol. The van der Waals surface area contributed by atoms with E-state index in [0.29, 0.717) is 6.42 Å². The SMILES string of the molecule is [C-]#[N+]C1=C[C@]2(C#C)C3=CC(=O)[C@@H]4[C@@H]5CC(C)(C)CC[C@]5(C(=O)OC)CC[C@@]4(C)[C@]3(C)CC[C@H]2C(C)(C)C1=O. The van der Waals surface area contributed by atoms with Gasteiger partial charge in [-0.25, -0.2) is 4.85 Å². The molecule has 5 rings (SSSR count). The van der Waals surface area contributed by atoms with Gasteiger partial charge in [0.1, 0.15) is 0 Å². The molecule has 38 heavy (non-hydrogen) atoms. The van der Waals surface area contributed by atoms with E-state index < -0.39 is 27.1 Å². The fraction of sp³-hybridized carbons (Fsp3) is 0.697. The molecule has 0 aromatic rings. The number of Topliss-reactive ketones (excluding diaryl/α,β-unsaturated/α-hetero) is 1. The smallest absolute Gasteiger partial charge is 0.312 e. The summed E-state index contributed by atoms with van der Waals surface area (Å²) < 4.78 is 5.40. The lowest BCUT2D eigenvalue weighted by atomic mass is 9.34. The number of carbonyl (C=O) groups excluding carboxylic acids is 3. The molecule has 202 valence electrons. The minimum absolute atomic E-state index is 0.0321. The Balaban J connectivity index is 1.74.